The topological polar surface area (TPSA) is 9.23 Å². The van der Waals surface area contributed by atoms with E-state index < -0.39 is 16.1 Å². The molecule has 1 saturated heterocycles. The van der Waals surface area contributed by atoms with E-state index in [1.807, 2.05) is 0 Å². The summed E-state index contributed by atoms with van der Waals surface area (Å²) < 4.78 is 6.63. The molecule has 3 aromatic carbocycles. The SMILES string of the molecule is Cc1ccccc1[Si]1OCCC[Si]1(c1ccccc1)c1ccccc1. The van der Waals surface area contributed by atoms with Crippen LogP contribution in [0.1, 0.15) is 12.0 Å². The molecule has 1 nitrogen and oxygen atoms in total. The highest BCUT2D eigenvalue weighted by Gasteiger charge is 2.50. The minimum absolute atomic E-state index is 0.900. The Kier molecular flexibility index (Phi) is 4.70. The van der Waals surface area contributed by atoms with E-state index in [1.54, 1.807) is 0 Å². The van der Waals surface area contributed by atoms with Gasteiger partial charge in [-0.25, -0.2) is 0 Å². The molecule has 0 N–H and O–H groups in total. The van der Waals surface area contributed by atoms with Crippen molar-refractivity contribution in [3.8, 4) is 0 Å². The van der Waals surface area contributed by atoms with Crippen molar-refractivity contribution in [3.63, 3.8) is 0 Å². The van der Waals surface area contributed by atoms with Crippen molar-refractivity contribution in [3.05, 3.63) is 90.5 Å². The molecule has 1 radical (unpaired) electrons. The molecular formula is C22H23OSi2. The van der Waals surface area contributed by atoms with E-state index in [1.165, 1.54) is 27.2 Å². The summed E-state index contributed by atoms with van der Waals surface area (Å²) in [6.45, 7) is 3.14. The standard InChI is InChI=1S/C22H23OSi2/c1-19-11-8-9-16-22(19)24-23-17-10-18-25(24,20-12-4-2-5-13-20)21-14-6-3-7-15-21/h2-9,11-16H,10,17-18H2,1H3. The first-order valence-electron chi connectivity index (χ1n) is 9.00. The lowest BCUT2D eigenvalue weighted by Gasteiger charge is -2.42. The normalized spacial score (nSPS) is 17.3. The fourth-order valence-electron chi connectivity index (χ4n) is 4.05. The van der Waals surface area contributed by atoms with Gasteiger partial charge in [0.1, 0.15) is 7.59 Å². The van der Waals surface area contributed by atoms with Crippen LogP contribution in [0, 0.1) is 6.92 Å². The van der Waals surface area contributed by atoms with Crippen molar-refractivity contribution in [2.45, 2.75) is 19.4 Å². The second-order valence-corrected chi connectivity index (χ2v) is 15.6. The van der Waals surface area contributed by atoms with Gasteiger partial charge < -0.3 is 4.43 Å². The second-order valence-electron chi connectivity index (χ2n) is 6.73. The average Bonchev–Trinajstić information content (AvgIpc) is 2.70. The van der Waals surface area contributed by atoms with Gasteiger partial charge in [0.25, 0.3) is 0 Å². The van der Waals surface area contributed by atoms with Crippen LogP contribution in [-0.4, -0.2) is 22.8 Å². The van der Waals surface area contributed by atoms with Crippen LogP contribution in [0.4, 0.5) is 0 Å². The predicted octanol–water partition coefficient (Wildman–Crippen LogP) is 2.96. The van der Waals surface area contributed by atoms with Crippen LogP contribution in [0.25, 0.3) is 0 Å². The molecular weight excluding hydrogens is 336 g/mol. The van der Waals surface area contributed by atoms with Gasteiger partial charge in [0.2, 0.25) is 8.56 Å². The van der Waals surface area contributed by atoms with Crippen molar-refractivity contribution >= 4 is 31.7 Å². The Morgan fingerprint density at radius 3 is 1.92 bits per heavy atom. The quantitative estimate of drug-likeness (QED) is 0.653. The third kappa shape index (κ3) is 2.93. The van der Waals surface area contributed by atoms with Crippen molar-refractivity contribution in [2.75, 3.05) is 6.61 Å². The van der Waals surface area contributed by atoms with Gasteiger partial charge in [0.15, 0.2) is 0 Å². The van der Waals surface area contributed by atoms with Gasteiger partial charge in [-0.15, -0.1) is 0 Å². The molecule has 0 unspecified atom stereocenters. The maximum absolute atomic E-state index is 6.63. The first kappa shape index (κ1) is 16.5. The van der Waals surface area contributed by atoms with E-state index in [0.717, 1.165) is 13.0 Å². The average molecular weight is 360 g/mol. The largest absolute Gasteiger partial charge is 0.414 e. The Balaban J connectivity index is 1.96. The maximum Gasteiger partial charge on any atom is 0.241 e. The van der Waals surface area contributed by atoms with Gasteiger partial charge in [0, 0.05) is 6.61 Å². The number of rotatable bonds is 3. The Morgan fingerprint density at radius 2 is 1.32 bits per heavy atom. The molecule has 0 bridgehead atoms. The lowest BCUT2D eigenvalue weighted by Crippen LogP contribution is -2.75. The number of hydrogen-bond acceptors (Lipinski definition) is 1. The van der Waals surface area contributed by atoms with E-state index >= 15 is 0 Å². The molecule has 1 aliphatic rings. The summed E-state index contributed by atoms with van der Waals surface area (Å²) in [5, 5.41) is 4.52. The molecule has 0 aromatic heterocycles. The first-order valence-corrected chi connectivity index (χ1v) is 13.6. The Morgan fingerprint density at radius 1 is 0.760 bits per heavy atom. The minimum atomic E-state index is -1.96. The molecule has 0 aliphatic carbocycles. The lowest BCUT2D eigenvalue weighted by molar-refractivity contribution is 0.326. The Labute approximate surface area is 152 Å². The van der Waals surface area contributed by atoms with E-state index in [9.17, 15) is 0 Å². The van der Waals surface area contributed by atoms with Crippen LogP contribution >= 0.6 is 0 Å². The molecule has 0 saturated carbocycles. The van der Waals surface area contributed by atoms with Gasteiger partial charge in [-0.2, -0.15) is 0 Å². The fourth-order valence-corrected chi connectivity index (χ4v) is 16.9. The maximum atomic E-state index is 6.63. The third-order valence-electron chi connectivity index (χ3n) is 5.25. The van der Waals surface area contributed by atoms with Crippen LogP contribution in [0.15, 0.2) is 84.9 Å². The molecule has 0 spiro atoms. The van der Waals surface area contributed by atoms with Crippen molar-refractivity contribution in [1.29, 1.82) is 0 Å². The van der Waals surface area contributed by atoms with Gasteiger partial charge >= 0.3 is 0 Å². The molecule has 1 heterocycles. The van der Waals surface area contributed by atoms with Gasteiger partial charge in [-0.05, 0) is 30.1 Å². The first-order chi connectivity index (χ1) is 12.3. The molecule has 1 fully saturated rings. The zero-order valence-corrected chi connectivity index (χ0v) is 16.6. The Bertz CT molecular complexity index is 793. The summed E-state index contributed by atoms with van der Waals surface area (Å²) in [5.74, 6) is 0. The van der Waals surface area contributed by atoms with Crippen LogP contribution in [0.3, 0.4) is 0 Å². The number of benzene rings is 3. The highest BCUT2D eigenvalue weighted by atomic mass is 29.2. The summed E-state index contributed by atoms with van der Waals surface area (Å²) in [6, 6.07) is 32.5. The predicted molar refractivity (Wildman–Crippen MR) is 110 cm³/mol. The van der Waals surface area contributed by atoms with Gasteiger partial charge in [-0.3, -0.25) is 0 Å². The monoisotopic (exact) mass is 359 g/mol. The molecule has 125 valence electrons. The summed E-state index contributed by atoms with van der Waals surface area (Å²) in [6.07, 6.45) is 1.16. The number of hydrogen-bond donors (Lipinski definition) is 0. The van der Waals surface area contributed by atoms with E-state index in [-0.39, 0.29) is 0 Å². The smallest absolute Gasteiger partial charge is 0.241 e. The minimum Gasteiger partial charge on any atom is -0.414 e. The fraction of sp³-hybridized carbons (Fsp3) is 0.182. The van der Waals surface area contributed by atoms with Crippen LogP contribution < -0.4 is 15.6 Å². The molecule has 1 aliphatic heterocycles. The van der Waals surface area contributed by atoms with Gasteiger partial charge in [0.05, 0.1) is 0 Å². The van der Waals surface area contributed by atoms with Crippen molar-refractivity contribution in [2.24, 2.45) is 0 Å². The van der Waals surface area contributed by atoms with E-state index in [2.05, 4.69) is 91.9 Å². The highest BCUT2D eigenvalue weighted by molar-refractivity contribution is 7.46. The lowest BCUT2D eigenvalue weighted by atomic mass is 10.2. The van der Waals surface area contributed by atoms with E-state index in [0.29, 0.717) is 0 Å². The zero-order valence-electron chi connectivity index (χ0n) is 14.6. The molecule has 0 atom stereocenters. The third-order valence-corrected chi connectivity index (χ3v) is 17.4. The zero-order chi connectivity index (χ0) is 17.1. The van der Waals surface area contributed by atoms with Crippen molar-refractivity contribution < 1.29 is 4.43 Å². The Hall–Kier alpha value is -1.95. The summed E-state index contributed by atoms with van der Waals surface area (Å²) >= 11 is 0. The van der Waals surface area contributed by atoms with Crippen LogP contribution in [0.2, 0.25) is 6.04 Å². The molecule has 4 rings (SSSR count). The molecule has 3 heteroatoms. The molecule has 25 heavy (non-hydrogen) atoms. The number of aryl methyl sites for hydroxylation is 1. The summed E-state index contributed by atoms with van der Waals surface area (Å²) in [5.41, 5.74) is 1.38. The van der Waals surface area contributed by atoms with E-state index in [4.69, 9.17) is 4.43 Å². The van der Waals surface area contributed by atoms with Crippen LogP contribution in [0.5, 0.6) is 0 Å². The molecule has 3 aromatic rings. The molecule has 0 amide bonds. The second kappa shape index (κ2) is 7.12. The van der Waals surface area contributed by atoms with Crippen LogP contribution in [-0.2, 0) is 4.43 Å². The highest BCUT2D eigenvalue weighted by Crippen LogP contribution is 2.23. The van der Waals surface area contributed by atoms with Gasteiger partial charge in [-0.1, -0.05) is 95.3 Å². The van der Waals surface area contributed by atoms with Crippen molar-refractivity contribution in [1.82, 2.24) is 0 Å². The summed E-state index contributed by atoms with van der Waals surface area (Å²) in [7, 11) is -3.08. The summed E-state index contributed by atoms with van der Waals surface area (Å²) in [4.78, 5) is 0.